The van der Waals surface area contributed by atoms with Gasteiger partial charge < -0.3 is 10.2 Å². The first-order valence-electron chi connectivity index (χ1n) is 11.0. The Balaban J connectivity index is 1.56. The maximum absolute atomic E-state index is 13.4. The number of carbonyl (C=O) groups is 1. The van der Waals surface area contributed by atoms with Gasteiger partial charge in [-0.1, -0.05) is 42.5 Å². The minimum absolute atomic E-state index is 0.186. The van der Waals surface area contributed by atoms with Gasteiger partial charge in [0.1, 0.15) is 5.82 Å². The van der Waals surface area contributed by atoms with Crippen LogP contribution in [0.2, 0.25) is 0 Å². The third-order valence-corrected chi connectivity index (χ3v) is 7.09. The average Bonchev–Trinajstić information content (AvgIpc) is 2.83. The van der Waals surface area contributed by atoms with Crippen molar-refractivity contribution in [3.8, 4) is 0 Å². The highest BCUT2D eigenvalue weighted by molar-refractivity contribution is 7.85. The Morgan fingerprint density at radius 3 is 2.38 bits per heavy atom. The Bertz CT molecular complexity index is 1270. The molecule has 2 aromatic carbocycles. The first-order valence-corrected chi connectivity index (χ1v) is 12.5. The first-order chi connectivity index (χ1) is 16.2. The summed E-state index contributed by atoms with van der Waals surface area (Å²) >= 11 is 0. The number of hydrogen-bond donors (Lipinski definition) is 2. The molecule has 2 N–H and O–H groups in total. The largest absolute Gasteiger partial charge is 0.380 e. The number of benzene rings is 2. The van der Waals surface area contributed by atoms with Crippen LogP contribution in [-0.2, 0) is 16.7 Å². The summed E-state index contributed by atoms with van der Waals surface area (Å²) in [5.41, 5.74) is 2.77. The van der Waals surface area contributed by atoms with Crippen LogP contribution in [0, 0.1) is 12.7 Å². The van der Waals surface area contributed by atoms with Crippen molar-refractivity contribution >= 4 is 21.7 Å². The molecule has 0 aliphatic carbocycles. The molecular formula is C25H26FN3O4S. The number of hydrogen-bond acceptors (Lipinski definition) is 5. The lowest BCUT2D eigenvalue weighted by atomic mass is 9.89. The molecule has 0 spiro atoms. The summed E-state index contributed by atoms with van der Waals surface area (Å²) in [6.45, 7) is 2.90. The van der Waals surface area contributed by atoms with Gasteiger partial charge in [-0.05, 0) is 48.9 Å². The second-order valence-electron chi connectivity index (χ2n) is 8.41. The van der Waals surface area contributed by atoms with E-state index < -0.39 is 15.1 Å². The maximum Gasteiger partial charge on any atom is 0.312 e. The van der Waals surface area contributed by atoms with Crippen molar-refractivity contribution < 1.29 is 22.2 Å². The highest BCUT2D eigenvalue weighted by Crippen LogP contribution is 2.31. The zero-order valence-electron chi connectivity index (χ0n) is 18.7. The van der Waals surface area contributed by atoms with Crippen molar-refractivity contribution in [2.45, 2.75) is 37.3 Å². The Morgan fingerprint density at radius 2 is 1.76 bits per heavy atom. The predicted octanol–water partition coefficient (Wildman–Crippen LogP) is 4.41. The molecule has 34 heavy (non-hydrogen) atoms. The topological polar surface area (TPSA) is 99.6 Å². The van der Waals surface area contributed by atoms with E-state index in [4.69, 9.17) is 0 Å². The van der Waals surface area contributed by atoms with Crippen molar-refractivity contribution in [2.75, 3.05) is 18.4 Å². The van der Waals surface area contributed by atoms with Gasteiger partial charge in [0.15, 0.2) is 5.03 Å². The molecule has 0 unspecified atom stereocenters. The minimum Gasteiger partial charge on any atom is -0.380 e. The standard InChI is InChI=1S/C25H26FN3O4S/c1-17-23(27-15-18-5-3-2-4-6-18)22(16-28-24(17)34(31,32)33)25(30)29-13-11-20(12-14-29)19-7-9-21(26)10-8-19/h2-10,16,20H,11-15H2,1H3,(H,27,28)(H,31,32,33). The second-order valence-corrected chi connectivity index (χ2v) is 9.75. The van der Waals surface area contributed by atoms with E-state index in [1.807, 2.05) is 30.3 Å². The molecule has 9 heteroatoms. The van der Waals surface area contributed by atoms with Gasteiger partial charge in [0.25, 0.3) is 5.91 Å². The lowest BCUT2D eigenvalue weighted by Crippen LogP contribution is -2.38. The molecule has 0 saturated carbocycles. The van der Waals surface area contributed by atoms with Crippen LogP contribution >= 0.6 is 0 Å². The highest BCUT2D eigenvalue weighted by Gasteiger charge is 2.29. The van der Waals surface area contributed by atoms with Crippen LogP contribution in [0.4, 0.5) is 10.1 Å². The highest BCUT2D eigenvalue weighted by atomic mass is 32.2. The van der Waals surface area contributed by atoms with E-state index in [0.29, 0.717) is 25.3 Å². The molecule has 0 atom stereocenters. The maximum atomic E-state index is 13.4. The Hall–Kier alpha value is -3.30. The molecule has 1 aromatic heterocycles. The smallest absolute Gasteiger partial charge is 0.312 e. The molecule has 2 heterocycles. The second kappa shape index (κ2) is 9.90. The van der Waals surface area contributed by atoms with Gasteiger partial charge in [0.05, 0.1) is 11.3 Å². The van der Waals surface area contributed by atoms with E-state index in [0.717, 1.165) is 24.0 Å². The summed E-state index contributed by atoms with van der Waals surface area (Å²) < 4.78 is 46.4. The molecule has 1 amide bonds. The van der Waals surface area contributed by atoms with Crippen molar-refractivity contribution in [3.05, 3.63) is 88.9 Å². The third kappa shape index (κ3) is 5.26. The Morgan fingerprint density at radius 1 is 1.12 bits per heavy atom. The number of nitrogens with one attached hydrogen (secondary N) is 1. The van der Waals surface area contributed by atoms with Gasteiger partial charge in [-0.3, -0.25) is 9.35 Å². The van der Waals surface area contributed by atoms with Crippen LogP contribution in [0.25, 0.3) is 0 Å². The first kappa shape index (κ1) is 23.8. The van der Waals surface area contributed by atoms with E-state index in [-0.39, 0.29) is 28.8 Å². The van der Waals surface area contributed by atoms with E-state index in [1.54, 1.807) is 17.0 Å². The number of halogens is 1. The molecule has 1 fully saturated rings. The SMILES string of the molecule is Cc1c(S(=O)(=O)O)ncc(C(=O)N2CCC(c3ccc(F)cc3)CC2)c1NCc1ccccc1. The molecule has 0 bridgehead atoms. The van der Waals surface area contributed by atoms with Gasteiger partial charge in [-0.15, -0.1) is 0 Å². The predicted molar refractivity (Wildman–Crippen MR) is 127 cm³/mol. The van der Waals surface area contributed by atoms with Gasteiger partial charge in [0, 0.05) is 31.4 Å². The number of rotatable bonds is 6. The number of anilines is 1. The quantitative estimate of drug-likeness (QED) is 0.504. The van der Waals surface area contributed by atoms with E-state index in [9.17, 15) is 22.2 Å². The van der Waals surface area contributed by atoms with E-state index in [2.05, 4.69) is 10.3 Å². The van der Waals surface area contributed by atoms with Crippen LogP contribution < -0.4 is 5.32 Å². The van der Waals surface area contributed by atoms with Crippen LogP contribution in [0.15, 0.2) is 65.8 Å². The lowest BCUT2D eigenvalue weighted by Gasteiger charge is -2.33. The number of aromatic nitrogens is 1. The van der Waals surface area contributed by atoms with Crippen LogP contribution in [-0.4, -0.2) is 41.9 Å². The zero-order valence-corrected chi connectivity index (χ0v) is 19.6. The van der Waals surface area contributed by atoms with Gasteiger partial charge in [0.2, 0.25) is 0 Å². The third-order valence-electron chi connectivity index (χ3n) is 6.19. The zero-order chi connectivity index (χ0) is 24.3. The molecule has 4 rings (SSSR count). The summed E-state index contributed by atoms with van der Waals surface area (Å²) in [4.78, 5) is 19.0. The van der Waals surface area contributed by atoms with E-state index in [1.165, 1.54) is 25.3 Å². The molecule has 1 aliphatic heterocycles. The summed E-state index contributed by atoms with van der Waals surface area (Å²) in [7, 11) is -4.55. The van der Waals surface area contributed by atoms with Crippen LogP contribution in [0.1, 0.15) is 45.8 Å². The van der Waals surface area contributed by atoms with Crippen molar-refractivity contribution in [1.29, 1.82) is 0 Å². The molecular weight excluding hydrogens is 457 g/mol. The van der Waals surface area contributed by atoms with Crippen LogP contribution in [0.3, 0.4) is 0 Å². The molecule has 0 radical (unpaired) electrons. The summed E-state index contributed by atoms with van der Waals surface area (Å²) in [6, 6.07) is 15.9. The average molecular weight is 484 g/mol. The van der Waals surface area contributed by atoms with Gasteiger partial charge in [-0.2, -0.15) is 8.42 Å². The van der Waals surface area contributed by atoms with Gasteiger partial charge >= 0.3 is 10.1 Å². The minimum atomic E-state index is -4.55. The number of likely N-dealkylation sites (tertiary alicyclic amines) is 1. The van der Waals surface area contributed by atoms with E-state index >= 15 is 0 Å². The van der Waals surface area contributed by atoms with Crippen molar-refractivity contribution in [3.63, 3.8) is 0 Å². The van der Waals surface area contributed by atoms with Crippen LogP contribution in [0.5, 0.6) is 0 Å². The molecule has 1 aliphatic rings. The number of carbonyl (C=O) groups excluding carboxylic acids is 1. The van der Waals surface area contributed by atoms with Crippen molar-refractivity contribution in [2.24, 2.45) is 0 Å². The lowest BCUT2D eigenvalue weighted by molar-refractivity contribution is 0.0713. The van der Waals surface area contributed by atoms with Crippen molar-refractivity contribution in [1.82, 2.24) is 9.88 Å². The molecule has 7 nitrogen and oxygen atoms in total. The number of pyridine rings is 1. The Kier molecular flexibility index (Phi) is 6.95. The molecule has 178 valence electrons. The fourth-order valence-corrected chi connectivity index (χ4v) is 5.03. The Labute approximate surface area is 198 Å². The number of nitrogens with zero attached hydrogens (tertiary/aromatic N) is 2. The monoisotopic (exact) mass is 483 g/mol. The molecule has 3 aromatic rings. The number of amides is 1. The van der Waals surface area contributed by atoms with Gasteiger partial charge in [-0.25, -0.2) is 9.37 Å². The fraction of sp³-hybridized carbons (Fsp3) is 0.280. The summed E-state index contributed by atoms with van der Waals surface area (Å²) in [5, 5.41) is 2.69. The summed E-state index contributed by atoms with van der Waals surface area (Å²) in [6.07, 6.45) is 2.68. The summed E-state index contributed by atoms with van der Waals surface area (Å²) in [5.74, 6) is -0.296. The normalized spacial score (nSPS) is 14.7. The fourth-order valence-electron chi connectivity index (χ4n) is 4.35. The molecule has 1 saturated heterocycles. The number of piperidine rings is 1.